The van der Waals surface area contributed by atoms with Crippen LogP contribution in [0.5, 0.6) is 0 Å². The zero-order valence-electron chi connectivity index (χ0n) is 8.01. The molecule has 2 rings (SSSR count). The SMILES string of the molecule is C1=CC=CNC=C1.P.c1ccncc1. The molecule has 1 aromatic heterocycles. The lowest BCUT2D eigenvalue weighted by molar-refractivity contribution is 1.20. The Morgan fingerprint density at radius 3 is 1.64 bits per heavy atom. The third-order valence-corrected chi connectivity index (χ3v) is 1.28. The summed E-state index contributed by atoms with van der Waals surface area (Å²) in [5, 5.41) is 2.92. The van der Waals surface area contributed by atoms with Crippen LogP contribution in [0.2, 0.25) is 0 Å². The van der Waals surface area contributed by atoms with E-state index in [1.807, 2.05) is 54.9 Å². The molecule has 0 radical (unpaired) electrons. The molecule has 2 heterocycles. The first-order valence-electron chi connectivity index (χ1n) is 4.09. The van der Waals surface area contributed by atoms with E-state index in [9.17, 15) is 0 Å². The lowest BCUT2D eigenvalue weighted by Crippen LogP contribution is -1.87. The zero-order valence-corrected chi connectivity index (χ0v) is 9.42. The maximum Gasteiger partial charge on any atom is 0.0267 e. The molecule has 0 amide bonds. The van der Waals surface area contributed by atoms with E-state index in [1.165, 1.54) is 0 Å². The summed E-state index contributed by atoms with van der Waals surface area (Å²) in [4.78, 5) is 3.78. The fourth-order valence-electron chi connectivity index (χ4n) is 0.719. The average molecular weight is 206 g/mol. The Bertz CT molecular complexity index is 251. The molecule has 1 atom stereocenters. The largest absolute Gasteiger partial charge is 0.368 e. The maximum atomic E-state index is 3.78. The Balaban J connectivity index is 0.000000227. The minimum Gasteiger partial charge on any atom is -0.368 e. The number of hydrogen-bond donors (Lipinski definition) is 1. The minimum atomic E-state index is 0. The van der Waals surface area contributed by atoms with Crippen LogP contribution >= 0.6 is 9.90 Å². The van der Waals surface area contributed by atoms with E-state index in [2.05, 4.69) is 10.3 Å². The highest BCUT2D eigenvalue weighted by Crippen LogP contribution is 1.81. The van der Waals surface area contributed by atoms with Gasteiger partial charge in [0.15, 0.2) is 0 Å². The fraction of sp³-hybridized carbons (Fsp3) is 0. The van der Waals surface area contributed by atoms with Gasteiger partial charge in [-0.25, -0.2) is 0 Å². The zero-order chi connectivity index (χ0) is 9.19. The molecule has 0 fully saturated rings. The van der Waals surface area contributed by atoms with Gasteiger partial charge in [-0.1, -0.05) is 18.2 Å². The fourth-order valence-corrected chi connectivity index (χ4v) is 0.719. The van der Waals surface area contributed by atoms with Gasteiger partial charge in [-0.15, -0.1) is 0 Å². The van der Waals surface area contributed by atoms with Gasteiger partial charge in [-0.2, -0.15) is 9.90 Å². The van der Waals surface area contributed by atoms with Crippen LogP contribution in [0.25, 0.3) is 0 Å². The highest BCUT2D eigenvalue weighted by Gasteiger charge is 1.67. The molecule has 2 nitrogen and oxygen atoms in total. The molecule has 1 unspecified atom stereocenters. The molecule has 0 saturated heterocycles. The molecule has 1 aliphatic heterocycles. The summed E-state index contributed by atoms with van der Waals surface area (Å²) in [6.45, 7) is 0. The Morgan fingerprint density at radius 1 is 0.714 bits per heavy atom. The first kappa shape index (κ1) is 12.6. The summed E-state index contributed by atoms with van der Waals surface area (Å²) < 4.78 is 0. The lowest BCUT2D eigenvalue weighted by atomic mass is 10.5. The summed E-state index contributed by atoms with van der Waals surface area (Å²) in [6.07, 6.45) is 15.1. The topological polar surface area (TPSA) is 24.9 Å². The molecule has 1 aromatic rings. The molecule has 0 saturated carbocycles. The van der Waals surface area contributed by atoms with E-state index in [4.69, 9.17) is 0 Å². The molecule has 0 aromatic carbocycles. The van der Waals surface area contributed by atoms with E-state index >= 15 is 0 Å². The van der Waals surface area contributed by atoms with E-state index in [0.29, 0.717) is 0 Å². The van der Waals surface area contributed by atoms with Crippen molar-refractivity contribution < 1.29 is 0 Å². The summed E-state index contributed by atoms with van der Waals surface area (Å²) >= 11 is 0. The summed E-state index contributed by atoms with van der Waals surface area (Å²) in [7, 11) is 0. The van der Waals surface area contributed by atoms with Crippen LogP contribution < -0.4 is 5.32 Å². The van der Waals surface area contributed by atoms with Crippen molar-refractivity contribution in [1.82, 2.24) is 10.3 Å². The average Bonchev–Trinajstić information content (AvgIpc) is 2.53. The van der Waals surface area contributed by atoms with Gasteiger partial charge >= 0.3 is 0 Å². The van der Waals surface area contributed by atoms with Gasteiger partial charge in [0.2, 0.25) is 0 Å². The van der Waals surface area contributed by atoms with Crippen LogP contribution in [-0.2, 0) is 0 Å². The number of pyridine rings is 1. The lowest BCUT2D eigenvalue weighted by Gasteiger charge is -1.79. The molecular formula is C11H15N2P. The number of rotatable bonds is 0. The molecule has 74 valence electrons. The highest BCUT2D eigenvalue weighted by atomic mass is 31.0. The van der Waals surface area contributed by atoms with E-state index in [-0.39, 0.29) is 9.90 Å². The van der Waals surface area contributed by atoms with Gasteiger partial charge < -0.3 is 5.32 Å². The first-order chi connectivity index (χ1) is 6.50. The quantitative estimate of drug-likeness (QED) is 0.659. The second-order valence-corrected chi connectivity index (χ2v) is 2.29. The molecule has 0 bridgehead atoms. The van der Waals surface area contributed by atoms with Gasteiger partial charge in [-0.3, -0.25) is 4.98 Å². The highest BCUT2D eigenvalue weighted by molar-refractivity contribution is 6.92. The predicted octanol–water partition coefficient (Wildman–Crippen LogP) is 2.31. The third kappa shape index (κ3) is 7.26. The van der Waals surface area contributed by atoms with Crippen molar-refractivity contribution in [3.8, 4) is 0 Å². The van der Waals surface area contributed by atoms with Crippen LogP contribution in [0.3, 0.4) is 0 Å². The summed E-state index contributed by atoms with van der Waals surface area (Å²) in [5.74, 6) is 0. The van der Waals surface area contributed by atoms with Crippen molar-refractivity contribution in [3.05, 3.63) is 67.3 Å². The summed E-state index contributed by atoms with van der Waals surface area (Å²) in [6, 6.07) is 5.72. The van der Waals surface area contributed by atoms with Gasteiger partial charge in [0.1, 0.15) is 0 Å². The number of allylic oxidation sites excluding steroid dienone is 4. The molecule has 0 spiro atoms. The molecule has 0 aliphatic carbocycles. The van der Waals surface area contributed by atoms with Crippen molar-refractivity contribution in [2.24, 2.45) is 0 Å². The predicted molar refractivity (Wildman–Crippen MR) is 65.9 cm³/mol. The molecule has 1 N–H and O–H groups in total. The van der Waals surface area contributed by atoms with E-state index in [1.54, 1.807) is 12.4 Å². The maximum absolute atomic E-state index is 3.78. The Labute approximate surface area is 88.1 Å². The Morgan fingerprint density at radius 2 is 1.29 bits per heavy atom. The van der Waals surface area contributed by atoms with Crippen LogP contribution in [0.4, 0.5) is 0 Å². The second kappa shape index (κ2) is 9.69. The normalized spacial score (nSPS) is 11.4. The standard InChI is InChI=1S/C6H7N.C5H5N.H3P/c1-2-4-6-7-5-3-1;1-2-4-6-5-3-1;/h1-7H;1-5H;1H3. The monoisotopic (exact) mass is 206 g/mol. The third-order valence-electron chi connectivity index (χ3n) is 1.28. The van der Waals surface area contributed by atoms with Gasteiger partial charge in [0, 0.05) is 24.8 Å². The number of nitrogens with zero attached hydrogens (tertiary/aromatic N) is 1. The Kier molecular flexibility index (Phi) is 8.72. The Hall–Kier alpha value is -1.40. The molecule has 14 heavy (non-hydrogen) atoms. The van der Waals surface area contributed by atoms with Crippen LogP contribution in [0.15, 0.2) is 67.3 Å². The molecular weight excluding hydrogens is 191 g/mol. The van der Waals surface area contributed by atoms with Gasteiger partial charge in [0.25, 0.3) is 0 Å². The van der Waals surface area contributed by atoms with Crippen LogP contribution in [-0.4, -0.2) is 4.98 Å². The molecule has 3 heteroatoms. The van der Waals surface area contributed by atoms with Crippen molar-refractivity contribution in [2.45, 2.75) is 0 Å². The van der Waals surface area contributed by atoms with E-state index < -0.39 is 0 Å². The van der Waals surface area contributed by atoms with Crippen molar-refractivity contribution >= 4 is 9.90 Å². The number of hydrogen-bond acceptors (Lipinski definition) is 2. The van der Waals surface area contributed by atoms with Crippen LogP contribution in [0, 0.1) is 0 Å². The minimum absolute atomic E-state index is 0. The summed E-state index contributed by atoms with van der Waals surface area (Å²) in [5.41, 5.74) is 0. The van der Waals surface area contributed by atoms with Crippen LogP contribution in [0.1, 0.15) is 0 Å². The number of aromatic nitrogens is 1. The second-order valence-electron chi connectivity index (χ2n) is 2.29. The van der Waals surface area contributed by atoms with Crippen molar-refractivity contribution in [2.75, 3.05) is 0 Å². The number of nitrogens with one attached hydrogen (secondary N) is 1. The molecule has 1 aliphatic rings. The van der Waals surface area contributed by atoms with Crippen molar-refractivity contribution in [3.63, 3.8) is 0 Å². The van der Waals surface area contributed by atoms with Crippen molar-refractivity contribution in [1.29, 1.82) is 0 Å². The van der Waals surface area contributed by atoms with Gasteiger partial charge in [-0.05, 0) is 24.3 Å². The van der Waals surface area contributed by atoms with E-state index in [0.717, 1.165) is 0 Å². The smallest absolute Gasteiger partial charge is 0.0267 e. The van der Waals surface area contributed by atoms with Gasteiger partial charge in [0.05, 0.1) is 0 Å². The first-order valence-corrected chi connectivity index (χ1v) is 4.09.